The van der Waals surface area contributed by atoms with Crippen molar-refractivity contribution in [3.63, 3.8) is 0 Å². The van der Waals surface area contributed by atoms with E-state index in [4.69, 9.17) is 4.74 Å². The molecule has 4 aromatic rings. The molecule has 1 aromatic heterocycles. The highest BCUT2D eigenvalue weighted by molar-refractivity contribution is 7.92. The van der Waals surface area contributed by atoms with E-state index in [2.05, 4.69) is 4.72 Å². The number of nitrogens with one attached hydrogen (secondary N) is 1. The van der Waals surface area contributed by atoms with E-state index in [0.717, 1.165) is 34.5 Å². The Balaban J connectivity index is 1.92. The standard InChI is InChI=1S/C27H27N3O6S/c1-6-36-27(31)25-19(5)29(20-9-7-16(2)8-10-20)26-18(4)17(3)24(15-23(25)26)28-37(34,35)22-13-11-21(12-14-22)30(32)33/h7-15,28H,6H2,1-5H3. The topological polar surface area (TPSA) is 121 Å². The van der Waals surface area contributed by atoms with Gasteiger partial charge in [-0.1, -0.05) is 17.7 Å². The molecule has 0 bridgehead atoms. The van der Waals surface area contributed by atoms with Crippen LogP contribution in [0, 0.1) is 37.8 Å². The molecule has 0 amide bonds. The third-order valence-electron chi connectivity index (χ3n) is 6.43. The highest BCUT2D eigenvalue weighted by atomic mass is 32.2. The monoisotopic (exact) mass is 521 g/mol. The number of hydrogen-bond acceptors (Lipinski definition) is 6. The van der Waals surface area contributed by atoms with Crippen molar-refractivity contribution >= 4 is 38.3 Å². The normalized spacial score (nSPS) is 11.5. The third-order valence-corrected chi connectivity index (χ3v) is 7.81. The molecular formula is C27H27N3O6S. The van der Waals surface area contributed by atoms with Gasteiger partial charge in [0.1, 0.15) is 0 Å². The van der Waals surface area contributed by atoms with Crippen LogP contribution in [0.2, 0.25) is 0 Å². The van der Waals surface area contributed by atoms with Gasteiger partial charge >= 0.3 is 5.97 Å². The van der Waals surface area contributed by atoms with Crippen LogP contribution < -0.4 is 4.72 Å². The average molecular weight is 522 g/mol. The molecule has 0 aliphatic carbocycles. The fraction of sp³-hybridized carbons (Fsp3) is 0.222. The molecule has 1 heterocycles. The number of nitro benzene ring substituents is 1. The second-order valence-electron chi connectivity index (χ2n) is 8.78. The first kappa shape index (κ1) is 25.9. The molecular weight excluding hydrogens is 494 g/mol. The summed E-state index contributed by atoms with van der Waals surface area (Å²) >= 11 is 0. The molecule has 0 aliphatic rings. The van der Waals surface area contributed by atoms with Crippen LogP contribution in [0.1, 0.15) is 39.7 Å². The van der Waals surface area contributed by atoms with Gasteiger partial charge < -0.3 is 9.30 Å². The van der Waals surface area contributed by atoms with Crippen molar-refractivity contribution in [3.05, 3.63) is 92.7 Å². The first-order valence-electron chi connectivity index (χ1n) is 11.6. The molecule has 10 heteroatoms. The molecule has 0 spiro atoms. The smallest absolute Gasteiger partial charge is 0.340 e. The number of anilines is 1. The van der Waals surface area contributed by atoms with Gasteiger partial charge in [0.25, 0.3) is 15.7 Å². The number of nitro groups is 1. The Labute approximate surface area is 214 Å². The number of esters is 1. The summed E-state index contributed by atoms with van der Waals surface area (Å²) in [7, 11) is -4.06. The highest BCUT2D eigenvalue weighted by Crippen LogP contribution is 2.37. The van der Waals surface area contributed by atoms with Gasteiger partial charge in [-0.15, -0.1) is 0 Å². The molecule has 4 rings (SSSR count). The second-order valence-corrected chi connectivity index (χ2v) is 10.5. The van der Waals surface area contributed by atoms with Crippen molar-refractivity contribution in [2.45, 2.75) is 39.5 Å². The lowest BCUT2D eigenvalue weighted by atomic mass is 10.0. The molecule has 0 aliphatic heterocycles. The van der Waals surface area contributed by atoms with Crippen molar-refractivity contribution in [1.82, 2.24) is 4.57 Å². The quantitative estimate of drug-likeness (QED) is 0.188. The number of sulfonamides is 1. The zero-order valence-electron chi connectivity index (χ0n) is 21.2. The molecule has 3 aromatic carbocycles. The van der Waals surface area contributed by atoms with Gasteiger partial charge in [0, 0.05) is 28.9 Å². The summed E-state index contributed by atoms with van der Waals surface area (Å²) in [5.74, 6) is -0.497. The number of fused-ring (bicyclic) bond motifs is 1. The number of nitrogens with zero attached hydrogens (tertiary/aromatic N) is 2. The molecule has 37 heavy (non-hydrogen) atoms. The van der Waals surface area contributed by atoms with Crippen LogP contribution in [0.4, 0.5) is 11.4 Å². The molecule has 0 fully saturated rings. The van der Waals surface area contributed by atoms with E-state index in [9.17, 15) is 23.3 Å². The molecule has 1 N–H and O–H groups in total. The van der Waals surface area contributed by atoms with Gasteiger partial charge in [-0.05, 0) is 76.1 Å². The van der Waals surface area contributed by atoms with E-state index in [-0.39, 0.29) is 17.2 Å². The molecule has 0 saturated carbocycles. The molecule has 0 unspecified atom stereocenters. The number of carbonyl (C=O) groups excluding carboxylic acids is 1. The van der Waals surface area contributed by atoms with Crippen molar-refractivity contribution in [1.29, 1.82) is 0 Å². The first-order valence-corrected chi connectivity index (χ1v) is 13.1. The number of non-ortho nitro benzene ring substituents is 1. The van der Waals surface area contributed by atoms with Gasteiger partial charge in [0.05, 0.1) is 33.2 Å². The Kier molecular flexibility index (Phi) is 6.79. The minimum atomic E-state index is -4.06. The minimum Gasteiger partial charge on any atom is -0.462 e. The Morgan fingerprint density at radius 1 is 1.00 bits per heavy atom. The summed E-state index contributed by atoms with van der Waals surface area (Å²) in [4.78, 5) is 23.3. The van der Waals surface area contributed by atoms with E-state index in [0.29, 0.717) is 27.9 Å². The summed E-state index contributed by atoms with van der Waals surface area (Å²) in [6.45, 7) is 9.43. The van der Waals surface area contributed by atoms with E-state index in [1.807, 2.05) is 49.6 Å². The van der Waals surface area contributed by atoms with Crippen LogP contribution in [0.5, 0.6) is 0 Å². The number of carbonyl (C=O) groups is 1. The summed E-state index contributed by atoms with van der Waals surface area (Å²) in [6.07, 6.45) is 0. The van der Waals surface area contributed by atoms with Crippen molar-refractivity contribution in [2.75, 3.05) is 11.3 Å². The summed E-state index contributed by atoms with van der Waals surface area (Å²) < 4.78 is 36.2. The highest BCUT2D eigenvalue weighted by Gasteiger charge is 2.26. The Hall–Kier alpha value is -4.18. The van der Waals surface area contributed by atoms with Crippen LogP contribution in [-0.2, 0) is 14.8 Å². The Bertz CT molecular complexity index is 1640. The van der Waals surface area contributed by atoms with E-state index >= 15 is 0 Å². The Morgan fingerprint density at radius 2 is 1.62 bits per heavy atom. The number of aryl methyl sites for hydroxylation is 2. The number of rotatable bonds is 7. The number of ether oxygens (including phenoxy) is 1. The van der Waals surface area contributed by atoms with Crippen LogP contribution in [0.15, 0.2) is 59.5 Å². The minimum absolute atomic E-state index is 0.116. The number of benzene rings is 3. The van der Waals surface area contributed by atoms with Crippen LogP contribution in [0.3, 0.4) is 0 Å². The zero-order valence-corrected chi connectivity index (χ0v) is 22.0. The lowest BCUT2D eigenvalue weighted by Crippen LogP contribution is -2.14. The SMILES string of the molecule is CCOC(=O)c1c(C)n(-c2ccc(C)cc2)c2c(C)c(C)c(NS(=O)(=O)c3ccc([N+](=O)[O-])cc3)cc12. The van der Waals surface area contributed by atoms with Gasteiger partial charge in [-0.25, -0.2) is 13.2 Å². The third kappa shape index (κ3) is 4.67. The Morgan fingerprint density at radius 3 is 2.19 bits per heavy atom. The van der Waals surface area contributed by atoms with E-state index in [1.54, 1.807) is 19.9 Å². The number of aromatic nitrogens is 1. The van der Waals surface area contributed by atoms with Crippen LogP contribution in [0.25, 0.3) is 16.6 Å². The predicted molar refractivity (Wildman–Crippen MR) is 142 cm³/mol. The van der Waals surface area contributed by atoms with Crippen LogP contribution in [-0.4, -0.2) is 30.5 Å². The predicted octanol–water partition coefficient (Wildman–Crippen LogP) is 5.75. The van der Waals surface area contributed by atoms with E-state index < -0.39 is 20.9 Å². The van der Waals surface area contributed by atoms with Crippen molar-refractivity contribution in [3.8, 4) is 5.69 Å². The summed E-state index contributed by atoms with van der Waals surface area (Å²) in [6, 6.07) is 14.2. The fourth-order valence-electron chi connectivity index (χ4n) is 4.39. The molecule has 0 saturated heterocycles. The van der Waals surface area contributed by atoms with Gasteiger partial charge in [-0.3, -0.25) is 14.8 Å². The number of hydrogen-bond donors (Lipinski definition) is 1. The lowest BCUT2D eigenvalue weighted by Gasteiger charge is -2.16. The fourth-order valence-corrected chi connectivity index (χ4v) is 5.50. The summed E-state index contributed by atoms with van der Waals surface area (Å²) in [5, 5.41) is 11.5. The van der Waals surface area contributed by atoms with Gasteiger partial charge in [0.15, 0.2) is 0 Å². The molecule has 9 nitrogen and oxygen atoms in total. The molecule has 0 atom stereocenters. The van der Waals surface area contributed by atoms with Crippen molar-refractivity contribution in [2.24, 2.45) is 0 Å². The molecule has 0 radical (unpaired) electrons. The maximum atomic E-state index is 13.2. The largest absolute Gasteiger partial charge is 0.462 e. The first-order chi connectivity index (χ1) is 17.5. The summed E-state index contributed by atoms with van der Waals surface area (Å²) in [5.41, 5.74) is 5.34. The molecule has 192 valence electrons. The average Bonchev–Trinajstić information content (AvgIpc) is 3.14. The zero-order chi connectivity index (χ0) is 27.1. The maximum absolute atomic E-state index is 13.2. The van der Waals surface area contributed by atoms with E-state index in [1.165, 1.54) is 12.1 Å². The maximum Gasteiger partial charge on any atom is 0.340 e. The second kappa shape index (κ2) is 9.70. The van der Waals surface area contributed by atoms with Crippen molar-refractivity contribution < 1.29 is 22.9 Å². The van der Waals surface area contributed by atoms with Gasteiger partial charge in [-0.2, -0.15) is 0 Å². The lowest BCUT2D eigenvalue weighted by molar-refractivity contribution is -0.384. The van der Waals surface area contributed by atoms with Gasteiger partial charge in [0.2, 0.25) is 0 Å². The van der Waals surface area contributed by atoms with Crippen LogP contribution >= 0.6 is 0 Å².